The predicted molar refractivity (Wildman–Crippen MR) is 107 cm³/mol. The van der Waals surface area contributed by atoms with Gasteiger partial charge < -0.3 is 24.6 Å². The van der Waals surface area contributed by atoms with Gasteiger partial charge in [-0.3, -0.25) is 4.79 Å². The third kappa shape index (κ3) is 4.65. The molecule has 4 rings (SSSR count). The number of likely N-dealkylation sites (tertiary alicyclic amines) is 1. The first-order chi connectivity index (χ1) is 14.2. The first-order valence-corrected chi connectivity index (χ1v) is 9.84. The van der Waals surface area contributed by atoms with Crippen LogP contribution in [-0.2, 0) is 9.53 Å². The van der Waals surface area contributed by atoms with E-state index in [-0.39, 0.29) is 11.9 Å². The van der Waals surface area contributed by atoms with Crippen molar-refractivity contribution in [2.24, 2.45) is 0 Å². The second-order valence-electron chi connectivity index (χ2n) is 7.02. The Morgan fingerprint density at radius 2 is 1.90 bits per heavy atom. The molecule has 1 N–H and O–H groups in total. The number of carbonyl (C=O) groups is 2. The van der Waals surface area contributed by atoms with E-state index in [0.29, 0.717) is 56.6 Å². The average molecular weight is 396 g/mol. The van der Waals surface area contributed by atoms with E-state index >= 15 is 0 Å². The number of hydrogen-bond donors (Lipinski definition) is 1. The maximum Gasteiger partial charge on any atom is 0.322 e. The maximum absolute atomic E-state index is 12.8. The molecule has 3 heterocycles. The molecule has 2 aliphatic heterocycles. The molecule has 3 amide bonds. The number of pyridine rings is 1. The summed E-state index contributed by atoms with van der Waals surface area (Å²) in [6, 6.07) is 12.0. The number of rotatable bonds is 4. The summed E-state index contributed by atoms with van der Waals surface area (Å²) in [5.74, 6) is 1.05. The van der Waals surface area contributed by atoms with Gasteiger partial charge in [-0.15, -0.1) is 0 Å². The molecule has 2 aromatic rings. The minimum atomic E-state index is -0.421. The molecule has 2 saturated heterocycles. The molecule has 0 radical (unpaired) electrons. The third-order valence-electron chi connectivity index (χ3n) is 5.07. The molecule has 1 atom stereocenters. The summed E-state index contributed by atoms with van der Waals surface area (Å²) in [4.78, 5) is 33.3. The monoisotopic (exact) mass is 396 g/mol. The van der Waals surface area contributed by atoms with Gasteiger partial charge in [-0.05, 0) is 31.0 Å². The molecule has 0 saturated carbocycles. The van der Waals surface area contributed by atoms with E-state index in [2.05, 4.69) is 10.3 Å². The Kier molecular flexibility index (Phi) is 5.90. The minimum absolute atomic E-state index is 0.00350. The molecule has 8 heteroatoms. The van der Waals surface area contributed by atoms with E-state index in [1.165, 1.54) is 0 Å². The van der Waals surface area contributed by atoms with Gasteiger partial charge in [0.1, 0.15) is 11.8 Å². The number of nitrogens with zero attached hydrogens (tertiary/aromatic N) is 3. The van der Waals surface area contributed by atoms with Crippen LogP contribution in [0.2, 0.25) is 0 Å². The van der Waals surface area contributed by atoms with E-state index in [1.54, 1.807) is 28.1 Å². The zero-order valence-electron chi connectivity index (χ0n) is 16.1. The van der Waals surface area contributed by atoms with E-state index in [9.17, 15) is 9.59 Å². The molecule has 0 bridgehead atoms. The van der Waals surface area contributed by atoms with Crippen molar-refractivity contribution in [2.45, 2.75) is 18.9 Å². The number of morpholine rings is 1. The summed E-state index contributed by atoms with van der Waals surface area (Å²) in [6.07, 6.45) is 3.07. The highest BCUT2D eigenvalue weighted by Crippen LogP contribution is 2.24. The SMILES string of the molecule is O=C(C1CCCN1C(=O)Nc1ccnc(Oc2ccccc2)c1)N1CCOCC1. The van der Waals surface area contributed by atoms with Crippen molar-refractivity contribution in [1.82, 2.24) is 14.8 Å². The number of anilines is 1. The van der Waals surface area contributed by atoms with Crippen molar-refractivity contribution in [2.75, 3.05) is 38.2 Å². The van der Waals surface area contributed by atoms with E-state index in [0.717, 1.165) is 6.42 Å². The second kappa shape index (κ2) is 8.91. The smallest absolute Gasteiger partial charge is 0.322 e. The molecule has 2 aliphatic rings. The Bertz CT molecular complexity index is 855. The second-order valence-corrected chi connectivity index (χ2v) is 7.02. The van der Waals surface area contributed by atoms with Crippen molar-refractivity contribution < 1.29 is 19.1 Å². The zero-order chi connectivity index (χ0) is 20.1. The van der Waals surface area contributed by atoms with Crippen LogP contribution in [0.25, 0.3) is 0 Å². The highest BCUT2D eigenvalue weighted by molar-refractivity contribution is 5.94. The number of para-hydroxylation sites is 1. The Labute approximate surface area is 169 Å². The molecule has 8 nitrogen and oxygen atoms in total. The lowest BCUT2D eigenvalue weighted by Gasteiger charge is -2.32. The number of benzene rings is 1. The van der Waals surface area contributed by atoms with Crippen molar-refractivity contribution in [1.29, 1.82) is 0 Å². The van der Waals surface area contributed by atoms with E-state index in [1.807, 2.05) is 30.3 Å². The van der Waals surface area contributed by atoms with Crippen LogP contribution in [0.1, 0.15) is 12.8 Å². The standard InChI is InChI=1S/C21H24N4O4/c26-20(24-11-13-28-14-12-24)18-7-4-10-25(18)21(27)23-16-8-9-22-19(15-16)29-17-5-2-1-3-6-17/h1-3,5-6,8-9,15,18H,4,7,10-14H2,(H,22,23,27). The van der Waals surface area contributed by atoms with Gasteiger partial charge in [-0.2, -0.15) is 0 Å². The number of aromatic nitrogens is 1. The molecule has 0 spiro atoms. The molecule has 2 fully saturated rings. The molecule has 1 aromatic carbocycles. The van der Waals surface area contributed by atoms with Crippen molar-refractivity contribution in [3.8, 4) is 11.6 Å². The summed E-state index contributed by atoms with van der Waals surface area (Å²) < 4.78 is 11.0. The van der Waals surface area contributed by atoms with Gasteiger partial charge in [0.05, 0.1) is 13.2 Å². The molecule has 152 valence electrons. The summed E-state index contributed by atoms with van der Waals surface area (Å²) >= 11 is 0. The molecule has 1 aromatic heterocycles. The fourth-order valence-electron chi connectivity index (χ4n) is 3.61. The number of nitrogens with one attached hydrogen (secondary N) is 1. The summed E-state index contributed by atoms with van der Waals surface area (Å²) in [5.41, 5.74) is 0.570. The Hall–Kier alpha value is -3.13. The van der Waals surface area contributed by atoms with Crippen molar-refractivity contribution in [3.63, 3.8) is 0 Å². The number of ether oxygens (including phenoxy) is 2. The number of amides is 3. The largest absolute Gasteiger partial charge is 0.439 e. The lowest BCUT2D eigenvalue weighted by molar-refractivity contribution is -0.139. The Morgan fingerprint density at radius 3 is 2.69 bits per heavy atom. The highest BCUT2D eigenvalue weighted by atomic mass is 16.5. The third-order valence-corrected chi connectivity index (χ3v) is 5.07. The summed E-state index contributed by atoms with van der Waals surface area (Å²) in [6.45, 7) is 2.81. The fraction of sp³-hybridized carbons (Fsp3) is 0.381. The van der Waals surface area contributed by atoms with Gasteiger partial charge in [0.25, 0.3) is 0 Å². The lowest BCUT2D eigenvalue weighted by atomic mass is 10.2. The normalized spacial score (nSPS) is 19.1. The van der Waals surface area contributed by atoms with Crippen LogP contribution < -0.4 is 10.1 Å². The highest BCUT2D eigenvalue weighted by Gasteiger charge is 2.37. The van der Waals surface area contributed by atoms with Crippen LogP contribution in [0.15, 0.2) is 48.7 Å². The van der Waals surface area contributed by atoms with Crippen LogP contribution in [0.3, 0.4) is 0 Å². The van der Waals surface area contributed by atoms with Crippen LogP contribution >= 0.6 is 0 Å². The van der Waals surface area contributed by atoms with Gasteiger partial charge in [0, 0.05) is 37.6 Å². The lowest BCUT2D eigenvalue weighted by Crippen LogP contribution is -2.51. The quantitative estimate of drug-likeness (QED) is 0.859. The topological polar surface area (TPSA) is 84.0 Å². The predicted octanol–water partition coefficient (Wildman–Crippen LogP) is 2.73. The summed E-state index contributed by atoms with van der Waals surface area (Å²) in [5, 5.41) is 2.87. The van der Waals surface area contributed by atoms with E-state index in [4.69, 9.17) is 9.47 Å². The van der Waals surface area contributed by atoms with Gasteiger partial charge in [-0.25, -0.2) is 9.78 Å². The van der Waals surface area contributed by atoms with Crippen LogP contribution in [0.4, 0.5) is 10.5 Å². The number of urea groups is 1. The van der Waals surface area contributed by atoms with Crippen molar-refractivity contribution >= 4 is 17.6 Å². The number of carbonyl (C=O) groups excluding carboxylic acids is 2. The first-order valence-electron chi connectivity index (χ1n) is 9.84. The number of hydrogen-bond acceptors (Lipinski definition) is 5. The average Bonchev–Trinajstić information content (AvgIpc) is 3.25. The van der Waals surface area contributed by atoms with Crippen molar-refractivity contribution in [3.05, 3.63) is 48.7 Å². The molecular weight excluding hydrogens is 372 g/mol. The van der Waals surface area contributed by atoms with Crippen LogP contribution in [0.5, 0.6) is 11.6 Å². The minimum Gasteiger partial charge on any atom is -0.439 e. The van der Waals surface area contributed by atoms with Gasteiger partial charge in [-0.1, -0.05) is 18.2 Å². The fourth-order valence-corrected chi connectivity index (χ4v) is 3.61. The molecule has 1 unspecified atom stereocenters. The molecule has 29 heavy (non-hydrogen) atoms. The van der Waals surface area contributed by atoms with Gasteiger partial charge in [0.15, 0.2) is 0 Å². The van der Waals surface area contributed by atoms with E-state index < -0.39 is 6.04 Å². The van der Waals surface area contributed by atoms with Gasteiger partial charge >= 0.3 is 6.03 Å². The first kappa shape index (κ1) is 19.2. The Balaban J connectivity index is 1.40. The molecular formula is C21H24N4O4. The zero-order valence-corrected chi connectivity index (χ0v) is 16.1. The Morgan fingerprint density at radius 1 is 1.10 bits per heavy atom. The van der Waals surface area contributed by atoms with Crippen LogP contribution in [0, 0.1) is 0 Å². The summed E-state index contributed by atoms with van der Waals surface area (Å²) in [7, 11) is 0. The molecule has 0 aliphatic carbocycles. The van der Waals surface area contributed by atoms with Gasteiger partial charge in [0.2, 0.25) is 11.8 Å². The van der Waals surface area contributed by atoms with Crippen LogP contribution in [-0.4, -0.2) is 65.6 Å². The maximum atomic E-state index is 12.8.